The minimum absolute atomic E-state index is 0.0266. The van der Waals surface area contributed by atoms with Gasteiger partial charge in [0.2, 0.25) is 11.8 Å². The Hall–Kier alpha value is -2.04. The van der Waals surface area contributed by atoms with E-state index in [1.165, 1.54) is 0 Å². The second kappa shape index (κ2) is 4.91. The van der Waals surface area contributed by atoms with Crippen LogP contribution in [0.1, 0.15) is 18.4 Å². The highest BCUT2D eigenvalue weighted by Gasteiger charge is 2.24. The van der Waals surface area contributed by atoms with Crippen LogP contribution in [0.4, 0.5) is 5.69 Å². The van der Waals surface area contributed by atoms with E-state index < -0.39 is 0 Å². The van der Waals surface area contributed by atoms with Gasteiger partial charge in [0.25, 0.3) is 0 Å². The average molecular weight is 260 g/mol. The molecule has 1 aromatic carbocycles. The van der Waals surface area contributed by atoms with Gasteiger partial charge in [-0.25, -0.2) is 0 Å². The maximum atomic E-state index is 12.1. The smallest absolute Gasteiger partial charge is 0.229 e. The molecule has 1 saturated heterocycles. The molecular weight excluding hydrogens is 244 g/mol. The fourth-order valence-corrected chi connectivity index (χ4v) is 2.47. The summed E-state index contributed by atoms with van der Waals surface area (Å²) in [5.41, 5.74) is 1.93. The van der Waals surface area contributed by atoms with Crippen LogP contribution in [-0.4, -0.2) is 25.0 Å². The molecule has 2 aliphatic rings. The number of carbonyl (C=O) groups excluding carboxylic acids is 2. The third kappa shape index (κ3) is 2.54. The SMILES string of the molecule is O=C1CCC(C(=O)Nc2ccc3c(c2)CCO3)CN1. The summed E-state index contributed by atoms with van der Waals surface area (Å²) in [6.07, 6.45) is 1.93. The van der Waals surface area contributed by atoms with Crippen molar-refractivity contribution < 1.29 is 14.3 Å². The highest BCUT2D eigenvalue weighted by atomic mass is 16.5. The van der Waals surface area contributed by atoms with Crippen molar-refractivity contribution in [2.45, 2.75) is 19.3 Å². The number of nitrogens with one attached hydrogen (secondary N) is 2. The average Bonchev–Trinajstić information content (AvgIpc) is 2.87. The molecule has 2 aliphatic heterocycles. The van der Waals surface area contributed by atoms with Crippen molar-refractivity contribution in [3.63, 3.8) is 0 Å². The molecule has 3 rings (SSSR count). The predicted octanol–water partition coefficient (Wildman–Crippen LogP) is 1.09. The van der Waals surface area contributed by atoms with Crippen molar-refractivity contribution in [1.29, 1.82) is 0 Å². The van der Waals surface area contributed by atoms with Crippen LogP contribution in [-0.2, 0) is 16.0 Å². The Labute approximate surface area is 111 Å². The summed E-state index contributed by atoms with van der Waals surface area (Å²) in [7, 11) is 0. The topological polar surface area (TPSA) is 67.4 Å². The number of rotatable bonds is 2. The van der Waals surface area contributed by atoms with Crippen LogP contribution < -0.4 is 15.4 Å². The van der Waals surface area contributed by atoms with Crippen LogP contribution in [0.2, 0.25) is 0 Å². The first kappa shape index (κ1) is 12.0. The van der Waals surface area contributed by atoms with Gasteiger partial charge in [0, 0.05) is 25.1 Å². The van der Waals surface area contributed by atoms with E-state index in [0.29, 0.717) is 26.0 Å². The van der Waals surface area contributed by atoms with Crippen LogP contribution in [0.5, 0.6) is 5.75 Å². The zero-order chi connectivity index (χ0) is 13.2. The fraction of sp³-hybridized carbons (Fsp3) is 0.429. The molecule has 1 aromatic rings. The maximum Gasteiger partial charge on any atom is 0.229 e. The predicted molar refractivity (Wildman–Crippen MR) is 70.0 cm³/mol. The van der Waals surface area contributed by atoms with Crippen LogP contribution in [0.3, 0.4) is 0 Å². The quantitative estimate of drug-likeness (QED) is 0.836. The molecule has 0 aromatic heterocycles. The zero-order valence-electron chi connectivity index (χ0n) is 10.6. The Morgan fingerprint density at radius 2 is 2.26 bits per heavy atom. The summed E-state index contributed by atoms with van der Waals surface area (Å²) in [6.45, 7) is 1.14. The Bertz CT molecular complexity index is 517. The molecule has 0 saturated carbocycles. The number of hydrogen-bond acceptors (Lipinski definition) is 3. The fourth-order valence-electron chi connectivity index (χ4n) is 2.47. The van der Waals surface area contributed by atoms with Gasteiger partial charge in [-0.1, -0.05) is 0 Å². The molecule has 5 nitrogen and oxygen atoms in total. The normalized spacial score (nSPS) is 21.3. The number of piperidine rings is 1. The highest BCUT2D eigenvalue weighted by Crippen LogP contribution is 2.28. The number of anilines is 1. The lowest BCUT2D eigenvalue weighted by Gasteiger charge is -2.21. The lowest BCUT2D eigenvalue weighted by Crippen LogP contribution is -2.40. The number of hydrogen-bond donors (Lipinski definition) is 2. The molecule has 19 heavy (non-hydrogen) atoms. The molecule has 0 aliphatic carbocycles. The standard InChI is InChI=1S/C14H16N2O3/c17-13-4-1-10(8-15-13)14(18)16-11-2-3-12-9(7-11)5-6-19-12/h2-3,7,10H,1,4-6,8H2,(H,15,17)(H,16,18). The van der Waals surface area contributed by atoms with Gasteiger partial charge in [-0.3, -0.25) is 9.59 Å². The van der Waals surface area contributed by atoms with E-state index in [0.717, 1.165) is 23.4 Å². The van der Waals surface area contributed by atoms with Crippen molar-refractivity contribution in [2.75, 3.05) is 18.5 Å². The molecule has 2 N–H and O–H groups in total. The van der Waals surface area contributed by atoms with E-state index in [-0.39, 0.29) is 17.7 Å². The molecular formula is C14H16N2O3. The van der Waals surface area contributed by atoms with Crippen LogP contribution in [0.15, 0.2) is 18.2 Å². The number of ether oxygens (including phenoxy) is 1. The lowest BCUT2D eigenvalue weighted by atomic mass is 9.98. The first-order valence-electron chi connectivity index (χ1n) is 6.55. The van der Waals surface area contributed by atoms with E-state index in [9.17, 15) is 9.59 Å². The molecule has 1 atom stereocenters. The van der Waals surface area contributed by atoms with E-state index in [4.69, 9.17) is 4.74 Å². The molecule has 1 unspecified atom stereocenters. The van der Waals surface area contributed by atoms with E-state index >= 15 is 0 Å². The zero-order valence-corrected chi connectivity index (χ0v) is 10.6. The van der Waals surface area contributed by atoms with Crippen molar-refractivity contribution in [2.24, 2.45) is 5.92 Å². The van der Waals surface area contributed by atoms with E-state index in [2.05, 4.69) is 10.6 Å². The third-order valence-electron chi connectivity index (χ3n) is 3.59. The van der Waals surface area contributed by atoms with Gasteiger partial charge < -0.3 is 15.4 Å². The summed E-state index contributed by atoms with van der Waals surface area (Å²) >= 11 is 0. The number of carbonyl (C=O) groups is 2. The van der Waals surface area contributed by atoms with E-state index in [1.54, 1.807) is 0 Å². The largest absolute Gasteiger partial charge is 0.493 e. The summed E-state index contributed by atoms with van der Waals surface area (Å²) in [5, 5.41) is 5.63. The highest BCUT2D eigenvalue weighted by molar-refractivity contribution is 5.94. The van der Waals surface area contributed by atoms with Crippen LogP contribution in [0.25, 0.3) is 0 Å². The molecule has 100 valence electrons. The molecule has 1 fully saturated rings. The minimum Gasteiger partial charge on any atom is -0.493 e. The van der Waals surface area contributed by atoms with Crippen molar-refractivity contribution in [1.82, 2.24) is 5.32 Å². The molecule has 5 heteroatoms. The number of amides is 2. The minimum atomic E-state index is -0.137. The Morgan fingerprint density at radius 1 is 1.37 bits per heavy atom. The summed E-state index contributed by atoms with van der Waals surface area (Å²) in [4.78, 5) is 23.1. The monoisotopic (exact) mass is 260 g/mol. The summed E-state index contributed by atoms with van der Waals surface area (Å²) in [6, 6.07) is 5.70. The first-order chi connectivity index (χ1) is 9.22. The number of fused-ring (bicyclic) bond motifs is 1. The molecule has 0 spiro atoms. The maximum absolute atomic E-state index is 12.1. The van der Waals surface area contributed by atoms with Crippen molar-refractivity contribution in [3.8, 4) is 5.75 Å². The Kier molecular flexibility index (Phi) is 3.11. The molecule has 0 radical (unpaired) electrons. The van der Waals surface area contributed by atoms with Gasteiger partial charge in [0.15, 0.2) is 0 Å². The van der Waals surface area contributed by atoms with Crippen LogP contribution >= 0.6 is 0 Å². The van der Waals surface area contributed by atoms with Gasteiger partial charge in [-0.15, -0.1) is 0 Å². The van der Waals surface area contributed by atoms with Gasteiger partial charge in [0.1, 0.15) is 5.75 Å². The van der Waals surface area contributed by atoms with Crippen molar-refractivity contribution in [3.05, 3.63) is 23.8 Å². The molecule has 0 bridgehead atoms. The second-order valence-electron chi connectivity index (χ2n) is 4.95. The van der Waals surface area contributed by atoms with E-state index in [1.807, 2.05) is 18.2 Å². The molecule has 2 amide bonds. The Balaban J connectivity index is 1.64. The summed E-state index contributed by atoms with van der Waals surface area (Å²) in [5.74, 6) is 0.766. The Morgan fingerprint density at radius 3 is 3.05 bits per heavy atom. The summed E-state index contributed by atoms with van der Waals surface area (Å²) < 4.78 is 5.43. The van der Waals surface area contributed by atoms with Gasteiger partial charge >= 0.3 is 0 Å². The number of benzene rings is 1. The first-order valence-corrected chi connectivity index (χ1v) is 6.55. The lowest BCUT2D eigenvalue weighted by molar-refractivity contribution is -0.126. The van der Waals surface area contributed by atoms with Gasteiger partial charge in [-0.2, -0.15) is 0 Å². The second-order valence-corrected chi connectivity index (χ2v) is 4.95. The van der Waals surface area contributed by atoms with Crippen LogP contribution in [0, 0.1) is 5.92 Å². The van der Waals surface area contributed by atoms with Gasteiger partial charge in [0.05, 0.1) is 12.5 Å². The van der Waals surface area contributed by atoms with Crippen molar-refractivity contribution >= 4 is 17.5 Å². The third-order valence-corrected chi connectivity index (χ3v) is 3.59. The molecule has 2 heterocycles. The van der Waals surface area contributed by atoms with Gasteiger partial charge in [-0.05, 0) is 30.2 Å².